The Labute approximate surface area is 100 Å². The lowest BCUT2D eigenvalue weighted by Gasteiger charge is -2.11. The highest BCUT2D eigenvalue weighted by Gasteiger charge is 2.21. The molecule has 1 aromatic carbocycles. The van der Waals surface area contributed by atoms with Gasteiger partial charge in [-0.25, -0.2) is 4.39 Å². The zero-order valence-electron chi connectivity index (χ0n) is 9.92. The second kappa shape index (κ2) is 5.27. The second-order valence-corrected chi connectivity index (χ2v) is 4.30. The number of amides is 1. The molecular weight excluding hydrogens is 219 g/mol. The predicted octanol–water partition coefficient (Wildman–Crippen LogP) is 2.08. The van der Waals surface area contributed by atoms with Crippen LogP contribution in [0.3, 0.4) is 0 Å². The molecule has 17 heavy (non-hydrogen) atoms. The van der Waals surface area contributed by atoms with E-state index in [1.165, 1.54) is 6.07 Å². The molecule has 1 amide bonds. The zero-order valence-corrected chi connectivity index (χ0v) is 9.92. The van der Waals surface area contributed by atoms with Gasteiger partial charge in [0.2, 0.25) is 5.91 Å². The molecule has 4 heteroatoms. The third kappa shape index (κ3) is 2.82. The topological polar surface area (TPSA) is 41.1 Å². The van der Waals surface area contributed by atoms with Crippen molar-refractivity contribution in [3.63, 3.8) is 0 Å². The molecule has 0 aliphatic carbocycles. The quantitative estimate of drug-likeness (QED) is 0.843. The van der Waals surface area contributed by atoms with Crippen LogP contribution in [0.15, 0.2) is 18.2 Å². The van der Waals surface area contributed by atoms with E-state index in [1.807, 2.05) is 6.92 Å². The normalized spacial score (nSPS) is 19.3. The Morgan fingerprint density at radius 2 is 2.41 bits per heavy atom. The molecule has 0 unspecified atom stereocenters. The third-order valence-electron chi connectivity index (χ3n) is 3.08. The van der Waals surface area contributed by atoms with Gasteiger partial charge in [-0.1, -0.05) is 13.0 Å². The molecule has 2 rings (SSSR count). The summed E-state index contributed by atoms with van der Waals surface area (Å²) in [6.07, 6.45) is 2.52. The Morgan fingerprint density at radius 3 is 3.00 bits per heavy atom. The molecule has 1 atom stereocenters. The van der Waals surface area contributed by atoms with Gasteiger partial charge in [-0.15, -0.1) is 0 Å². The lowest BCUT2D eigenvalue weighted by molar-refractivity contribution is -0.117. The van der Waals surface area contributed by atoms with Crippen molar-refractivity contribution in [2.24, 2.45) is 0 Å². The second-order valence-electron chi connectivity index (χ2n) is 4.30. The van der Waals surface area contributed by atoms with Crippen LogP contribution in [-0.2, 0) is 11.2 Å². The van der Waals surface area contributed by atoms with E-state index in [-0.39, 0.29) is 17.8 Å². The van der Waals surface area contributed by atoms with Crippen molar-refractivity contribution in [3.8, 4) is 0 Å². The molecule has 0 saturated carbocycles. The average molecular weight is 236 g/mol. The van der Waals surface area contributed by atoms with Crippen LogP contribution in [0, 0.1) is 5.82 Å². The fourth-order valence-corrected chi connectivity index (χ4v) is 2.05. The van der Waals surface area contributed by atoms with E-state index < -0.39 is 0 Å². The Kier molecular flexibility index (Phi) is 3.74. The maximum absolute atomic E-state index is 13.5. The van der Waals surface area contributed by atoms with E-state index in [2.05, 4.69) is 10.6 Å². The summed E-state index contributed by atoms with van der Waals surface area (Å²) < 4.78 is 13.5. The number of rotatable bonds is 3. The largest absolute Gasteiger partial charge is 0.325 e. The third-order valence-corrected chi connectivity index (χ3v) is 3.08. The number of benzene rings is 1. The lowest BCUT2D eigenvalue weighted by atomic mass is 10.1. The minimum atomic E-state index is -0.260. The number of hydrogen-bond acceptors (Lipinski definition) is 2. The molecule has 1 heterocycles. The SMILES string of the molecule is CCc1ccc(NC(=O)[C@@H]2CCCN2)cc1F. The van der Waals surface area contributed by atoms with Crippen molar-refractivity contribution in [3.05, 3.63) is 29.6 Å². The first kappa shape index (κ1) is 12.0. The van der Waals surface area contributed by atoms with Crippen LogP contribution >= 0.6 is 0 Å². The van der Waals surface area contributed by atoms with Crippen LogP contribution in [0.25, 0.3) is 0 Å². The first-order chi connectivity index (χ1) is 8.20. The minimum absolute atomic E-state index is 0.0776. The Bertz CT molecular complexity index is 414. The van der Waals surface area contributed by atoms with Crippen molar-refractivity contribution in [1.82, 2.24) is 5.32 Å². The van der Waals surface area contributed by atoms with Gasteiger partial charge in [-0.2, -0.15) is 0 Å². The van der Waals surface area contributed by atoms with Crippen LogP contribution in [0.2, 0.25) is 0 Å². The summed E-state index contributed by atoms with van der Waals surface area (Å²) in [6, 6.07) is 4.71. The molecule has 2 N–H and O–H groups in total. The van der Waals surface area contributed by atoms with E-state index >= 15 is 0 Å². The smallest absolute Gasteiger partial charge is 0.241 e. The van der Waals surface area contributed by atoms with Gasteiger partial charge in [0, 0.05) is 5.69 Å². The molecule has 1 aromatic rings. The summed E-state index contributed by atoms with van der Waals surface area (Å²) in [5, 5.41) is 5.84. The van der Waals surface area contributed by atoms with Crippen LogP contribution in [0.1, 0.15) is 25.3 Å². The van der Waals surface area contributed by atoms with Crippen molar-refractivity contribution in [2.75, 3.05) is 11.9 Å². The molecule has 92 valence electrons. The molecule has 3 nitrogen and oxygen atoms in total. The number of carbonyl (C=O) groups is 1. The summed E-state index contributed by atoms with van der Waals surface area (Å²) in [5.41, 5.74) is 1.19. The molecule has 1 aliphatic heterocycles. The van der Waals surface area contributed by atoms with Crippen molar-refractivity contribution in [1.29, 1.82) is 0 Å². The van der Waals surface area contributed by atoms with Gasteiger partial charge in [0.05, 0.1) is 6.04 Å². The number of halogens is 1. The number of anilines is 1. The van der Waals surface area contributed by atoms with E-state index in [0.29, 0.717) is 17.7 Å². The van der Waals surface area contributed by atoms with E-state index in [0.717, 1.165) is 19.4 Å². The Balaban J connectivity index is 2.03. The maximum atomic E-state index is 13.5. The molecule has 1 fully saturated rings. The molecule has 1 aliphatic rings. The molecular formula is C13H17FN2O. The minimum Gasteiger partial charge on any atom is -0.325 e. The summed E-state index contributed by atoms with van der Waals surface area (Å²) in [5.74, 6) is -0.337. The molecule has 0 bridgehead atoms. The molecule has 0 spiro atoms. The fraction of sp³-hybridized carbons (Fsp3) is 0.462. The lowest BCUT2D eigenvalue weighted by Crippen LogP contribution is -2.35. The van der Waals surface area contributed by atoms with Crippen molar-refractivity contribution >= 4 is 11.6 Å². The summed E-state index contributed by atoms with van der Waals surface area (Å²) in [7, 11) is 0. The van der Waals surface area contributed by atoms with Gasteiger partial charge in [-0.3, -0.25) is 4.79 Å². The van der Waals surface area contributed by atoms with Gasteiger partial charge >= 0.3 is 0 Å². The molecule has 0 radical (unpaired) electrons. The first-order valence-corrected chi connectivity index (χ1v) is 6.03. The summed E-state index contributed by atoms with van der Waals surface area (Å²) in [6.45, 7) is 2.78. The Morgan fingerprint density at radius 1 is 1.59 bits per heavy atom. The van der Waals surface area contributed by atoms with Crippen LogP contribution in [0.5, 0.6) is 0 Å². The molecule has 1 saturated heterocycles. The Hall–Kier alpha value is -1.42. The monoisotopic (exact) mass is 236 g/mol. The number of nitrogens with one attached hydrogen (secondary N) is 2. The van der Waals surface area contributed by atoms with E-state index in [9.17, 15) is 9.18 Å². The van der Waals surface area contributed by atoms with Crippen LogP contribution in [-0.4, -0.2) is 18.5 Å². The van der Waals surface area contributed by atoms with E-state index in [1.54, 1.807) is 12.1 Å². The highest BCUT2D eigenvalue weighted by atomic mass is 19.1. The number of hydrogen-bond donors (Lipinski definition) is 2. The first-order valence-electron chi connectivity index (χ1n) is 6.03. The number of carbonyl (C=O) groups excluding carboxylic acids is 1. The fourth-order valence-electron chi connectivity index (χ4n) is 2.05. The van der Waals surface area contributed by atoms with E-state index in [4.69, 9.17) is 0 Å². The molecule has 0 aromatic heterocycles. The number of aryl methyl sites for hydroxylation is 1. The maximum Gasteiger partial charge on any atom is 0.241 e. The van der Waals surface area contributed by atoms with Crippen molar-refractivity contribution < 1.29 is 9.18 Å². The van der Waals surface area contributed by atoms with Gasteiger partial charge in [0.1, 0.15) is 5.82 Å². The zero-order chi connectivity index (χ0) is 12.3. The highest BCUT2D eigenvalue weighted by Crippen LogP contribution is 2.16. The van der Waals surface area contributed by atoms with Gasteiger partial charge in [0.15, 0.2) is 0 Å². The van der Waals surface area contributed by atoms with Crippen LogP contribution < -0.4 is 10.6 Å². The van der Waals surface area contributed by atoms with Gasteiger partial charge in [0.25, 0.3) is 0 Å². The average Bonchev–Trinajstić information content (AvgIpc) is 2.82. The summed E-state index contributed by atoms with van der Waals surface area (Å²) >= 11 is 0. The summed E-state index contributed by atoms with van der Waals surface area (Å²) in [4.78, 5) is 11.8. The van der Waals surface area contributed by atoms with Crippen LogP contribution in [0.4, 0.5) is 10.1 Å². The van der Waals surface area contributed by atoms with Gasteiger partial charge in [-0.05, 0) is 43.5 Å². The predicted molar refractivity (Wildman–Crippen MR) is 65.4 cm³/mol. The standard InChI is InChI=1S/C13H17FN2O/c1-2-9-5-6-10(8-11(9)14)16-13(17)12-4-3-7-15-12/h5-6,8,12,15H,2-4,7H2,1H3,(H,16,17)/t12-/m0/s1. The van der Waals surface area contributed by atoms with Gasteiger partial charge < -0.3 is 10.6 Å². The highest BCUT2D eigenvalue weighted by molar-refractivity contribution is 5.95. The van der Waals surface area contributed by atoms with Crippen molar-refractivity contribution in [2.45, 2.75) is 32.2 Å².